The molecule has 2 heterocycles. The normalized spacial score (nSPS) is 11.9. The highest BCUT2D eigenvalue weighted by atomic mass is 16.7. The molecule has 0 fully saturated rings. The standard InChI is InChI=1S/C22H22N4O3/c27-22(23-12-4-7-16-5-2-1-3-6-16)18-9-11-21(26-25-18)24-14-17-8-10-19-20(13-17)29-15-28-19/h1-3,5-6,8-11,13H,4,7,12,14-15H2,(H,23,27)(H,24,26). The number of anilines is 1. The molecule has 0 saturated carbocycles. The van der Waals surface area contributed by atoms with E-state index >= 15 is 0 Å². The van der Waals surface area contributed by atoms with E-state index < -0.39 is 0 Å². The van der Waals surface area contributed by atoms with Gasteiger partial charge in [0.1, 0.15) is 5.82 Å². The van der Waals surface area contributed by atoms with E-state index in [0.29, 0.717) is 24.6 Å². The largest absolute Gasteiger partial charge is 0.454 e. The minimum absolute atomic E-state index is 0.215. The first kappa shape index (κ1) is 18.7. The lowest BCUT2D eigenvalue weighted by Crippen LogP contribution is -2.26. The Hall–Kier alpha value is -3.61. The molecule has 0 unspecified atom stereocenters. The Labute approximate surface area is 169 Å². The lowest BCUT2D eigenvalue weighted by molar-refractivity contribution is 0.0947. The second kappa shape index (κ2) is 9.05. The number of carbonyl (C=O) groups is 1. The van der Waals surface area contributed by atoms with Crippen molar-refractivity contribution in [1.29, 1.82) is 0 Å². The van der Waals surface area contributed by atoms with Crippen LogP contribution in [-0.2, 0) is 13.0 Å². The van der Waals surface area contributed by atoms with Crippen molar-refractivity contribution in [1.82, 2.24) is 15.5 Å². The van der Waals surface area contributed by atoms with Crippen LogP contribution >= 0.6 is 0 Å². The zero-order valence-electron chi connectivity index (χ0n) is 15.9. The molecule has 29 heavy (non-hydrogen) atoms. The summed E-state index contributed by atoms with van der Waals surface area (Å²) in [7, 11) is 0. The van der Waals surface area contributed by atoms with Crippen molar-refractivity contribution in [2.45, 2.75) is 19.4 Å². The van der Waals surface area contributed by atoms with Gasteiger partial charge < -0.3 is 20.1 Å². The van der Waals surface area contributed by atoms with Gasteiger partial charge in [0.2, 0.25) is 6.79 Å². The molecule has 1 aliphatic heterocycles. The summed E-state index contributed by atoms with van der Waals surface area (Å²) in [5.41, 5.74) is 2.61. The summed E-state index contributed by atoms with van der Waals surface area (Å²) < 4.78 is 10.7. The van der Waals surface area contributed by atoms with Crippen LogP contribution in [0.2, 0.25) is 0 Å². The Kier molecular flexibility index (Phi) is 5.85. The van der Waals surface area contributed by atoms with Gasteiger partial charge in [0.15, 0.2) is 17.2 Å². The summed E-state index contributed by atoms with van der Waals surface area (Å²) in [6, 6.07) is 19.4. The van der Waals surface area contributed by atoms with E-state index in [1.165, 1.54) is 5.56 Å². The molecule has 7 nitrogen and oxygen atoms in total. The minimum Gasteiger partial charge on any atom is -0.454 e. The number of fused-ring (bicyclic) bond motifs is 1. The molecule has 2 aromatic carbocycles. The van der Waals surface area contributed by atoms with Gasteiger partial charge in [-0.05, 0) is 48.2 Å². The Morgan fingerprint density at radius 2 is 1.79 bits per heavy atom. The Balaban J connectivity index is 1.22. The molecule has 0 spiro atoms. The Morgan fingerprint density at radius 3 is 2.62 bits per heavy atom. The SMILES string of the molecule is O=C(NCCCc1ccccc1)c1ccc(NCc2ccc3c(c2)OCO3)nn1. The zero-order valence-corrected chi connectivity index (χ0v) is 15.9. The molecule has 0 aliphatic carbocycles. The van der Waals surface area contributed by atoms with Crippen molar-refractivity contribution in [3.05, 3.63) is 77.5 Å². The van der Waals surface area contributed by atoms with Crippen molar-refractivity contribution in [3.63, 3.8) is 0 Å². The number of benzene rings is 2. The molecule has 2 N–H and O–H groups in total. The van der Waals surface area contributed by atoms with Gasteiger partial charge in [0.25, 0.3) is 5.91 Å². The number of aryl methyl sites for hydroxylation is 1. The molecule has 0 atom stereocenters. The summed E-state index contributed by atoms with van der Waals surface area (Å²) in [6.45, 7) is 1.42. The van der Waals surface area contributed by atoms with Crippen LogP contribution in [0.15, 0.2) is 60.7 Å². The molecular formula is C22H22N4O3. The second-order valence-electron chi connectivity index (χ2n) is 6.69. The van der Waals surface area contributed by atoms with Crippen molar-refractivity contribution < 1.29 is 14.3 Å². The van der Waals surface area contributed by atoms with E-state index in [2.05, 4.69) is 33.0 Å². The first-order chi connectivity index (χ1) is 14.3. The first-order valence-corrected chi connectivity index (χ1v) is 9.56. The average Bonchev–Trinajstić information content (AvgIpc) is 3.24. The molecule has 0 saturated heterocycles. The third-order valence-corrected chi connectivity index (χ3v) is 4.58. The first-order valence-electron chi connectivity index (χ1n) is 9.56. The number of carbonyl (C=O) groups excluding carboxylic acids is 1. The molecule has 1 amide bonds. The second-order valence-corrected chi connectivity index (χ2v) is 6.69. The smallest absolute Gasteiger partial charge is 0.271 e. The fourth-order valence-electron chi connectivity index (χ4n) is 3.02. The van der Waals surface area contributed by atoms with E-state index in [1.807, 2.05) is 36.4 Å². The third-order valence-electron chi connectivity index (χ3n) is 4.58. The van der Waals surface area contributed by atoms with Crippen LogP contribution in [0.3, 0.4) is 0 Å². The number of amides is 1. The number of nitrogens with zero attached hydrogens (tertiary/aromatic N) is 2. The highest BCUT2D eigenvalue weighted by Gasteiger charge is 2.13. The average molecular weight is 390 g/mol. The van der Waals surface area contributed by atoms with Gasteiger partial charge in [0, 0.05) is 13.1 Å². The lowest BCUT2D eigenvalue weighted by Gasteiger charge is -2.07. The van der Waals surface area contributed by atoms with E-state index in [4.69, 9.17) is 9.47 Å². The molecule has 3 aromatic rings. The van der Waals surface area contributed by atoms with Gasteiger partial charge in [-0.2, -0.15) is 0 Å². The van der Waals surface area contributed by atoms with Crippen LogP contribution in [0.5, 0.6) is 11.5 Å². The van der Waals surface area contributed by atoms with E-state index in [0.717, 1.165) is 29.9 Å². The lowest BCUT2D eigenvalue weighted by atomic mass is 10.1. The predicted molar refractivity (Wildman–Crippen MR) is 109 cm³/mol. The molecule has 0 radical (unpaired) electrons. The van der Waals surface area contributed by atoms with Gasteiger partial charge in [-0.25, -0.2) is 0 Å². The summed E-state index contributed by atoms with van der Waals surface area (Å²) >= 11 is 0. The minimum atomic E-state index is -0.215. The quantitative estimate of drug-likeness (QED) is 0.575. The molecule has 4 rings (SSSR count). The van der Waals surface area contributed by atoms with Crippen molar-refractivity contribution in [3.8, 4) is 11.5 Å². The van der Waals surface area contributed by atoms with Crippen LogP contribution in [0.25, 0.3) is 0 Å². The number of hydrogen-bond acceptors (Lipinski definition) is 6. The maximum atomic E-state index is 12.2. The zero-order chi connectivity index (χ0) is 19.9. The Morgan fingerprint density at radius 1 is 0.931 bits per heavy atom. The van der Waals surface area contributed by atoms with Gasteiger partial charge in [-0.1, -0.05) is 36.4 Å². The predicted octanol–water partition coefficient (Wildman–Crippen LogP) is 3.18. The van der Waals surface area contributed by atoms with Crippen LogP contribution < -0.4 is 20.1 Å². The molecule has 0 bridgehead atoms. The molecular weight excluding hydrogens is 368 g/mol. The number of nitrogens with one attached hydrogen (secondary N) is 2. The summed E-state index contributed by atoms with van der Waals surface area (Å²) in [6.07, 6.45) is 1.80. The summed E-state index contributed by atoms with van der Waals surface area (Å²) in [5, 5.41) is 14.2. The number of hydrogen-bond donors (Lipinski definition) is 2. The van der Waals surface area contributed by atoms with Crippen LogP contribution in [0.4, 0.5) is 5.82 Å². The molecule has 148 valence electrons. The maximum absolute atomic E-state index is 12.2. The summed E-state index contributed by atoms with van der Waals surface area (Å²) in [4.78, 5) is 12.2. The third kappa shape index (κ3) is 5.01. The topological polar surface area (TPSA) is 85.4 Å². The Bertz CT molecular complexity index is 962. The van der Waals surface area contributed by atoms with Crippen LogP contribution in [0, 0.1) is 0 Å². The number of ether oxygens (including phenoxy) is 2. The van der Waals surface area contributed by atoms with Gasteiger partial charge in [-0.3, -0.25) is 4.79 Å². The number of rotatable bonds is 8. The number of aromatic nitrogens is 2. The van der Waals surface area contributed by atoms with Gasteiger partial charge in [0.05, 0.1) is 0 Å². The fourth-order valence-corrected chi connectivity index (χ4v) is 3.02. The molecule has 7 heteroatoms. The van der Waals surface area contributed by atoms with Gasteiger partial charge >= 0.3 is 0 Å². The van der Waals surface area contributed by atoms with Crippen molar-refractivity contribution >= 4 is 11.7 Å². The van der Waals surface area contributed by atoms with Gasteiger partial charge in [-0.15, -0.1) is 10.2 Å². The fraction of sp³-hybridized carbons (Fsp3) is 0.227. The van der Waals surface area contributed by atoms with E-state index in [9.17, 15) is 4.79 Å². The van der Waals surface area contributed by atoms with E-state index in [-0.39, 0.29) is 12.7 Å². The van der Waals surface area contributed by atoms with Crippen LogP contribution in [0.1, 0.15) is 28.0 Å². The summed E-state index contributed by atoms with van der Waals surface area (Å²) in [5.74, 6) is 1.89. The van der Waals surface area contributed by atoms with E-state index in [1.54, 1.807) is 12.1 Å². The maximum Gasteiger partial charge on any atom is 0.271 e. The molecule has 1 aromatic heterocycles. The molecule has 1 aliphatic rings. The van der Waals surface area contributed by atoms with Crippen molar-refractivity contribution in [2.24, 2.45) is 0 Å². The van der Waals surface area contributed by atoms with Crippen LogP contribution in [-0.4, -0.2) is 29.4 Å². The highest BCUT2D eigenvalue weighted by molar-refractivity contribution is 5.92. The van der Waals surface area contributed by atoms with Crippen molar-refractivity contribution in [2.75, 3.05) is 18.7 Å². The monoisotopic (exact) mass is 390 g/mol. The highest BCUT2D eigenvalue weighted by Crippen LogP contribution is 2.32.